The minimum atomic E-state index is -0.0971. The van der Waals surface area contributed by atoms with E-state index < -0.39 is 0 Å². The molecule has 0 saturated carbocycles. The summed E-state index contributed by atoms with van der Waals surface area (Å²) in [5.74, 6) is 2.49. The van der Waals surface area contributed by atoms with Crippen LogP contribution < -0.4 is 24.5 Å². The zero-order chi connectivity index (χ0) is 21.0. The van der Waals surface area contributed by atoms with Gasteiger partial charge in [0.25, 0.3) is 5.56 Å². The molecule has 0 aliphatic heterocycles. The molecule has 3 rings (SSSR count). The fraction of sp³-hybridized carbons (Fsp3) is 0.261. The summed E-state index contributed by atoms with van der Waals surface area (Å²) in [6.07, 6.45) is 2.24. The van der Waals surface area contributed by atoms with Crippen LogP contribution in [0.25, 0.3) is 10.8 Å². The quantitative estimate of drug-likeness (QED) is 0.499. The minimum Gasteiger partial charge on any atom is -0.493 e. The van der Waals surface area contributed by atoms with Crippen molar-refractivity contribution < 1.29 is 18.9 Å². The molecule has 0 bridgehead atoms. The molecule has 0 unspecified atom stereocenters. The summed E-state index contributed by atoms with van der Waals surface area (Å²) in [5, 5.41) is 1.71. The molecule has 0 spiro atoms. The molecule has 0 aliphatic rings. The second-order valence-electron chi connectivity index (χ2n) is 6.49. The fourth-order valence-corrected chi connectivity index (χ4v) is 3.46. The van der Waals surface area contributed by atoms with Crippen molar-refractivity contribution in [1.82, 2.24) is 4.57 Å². The normalized spacial score (nSPS) is 10.3. The van der Waals surface area contributed by atoms with Crippen LogP contribution in [0.5, 0.6) is 23.0 Å². The van der Waals surface area contributed by atoms with Crippen LogP contribution in [0.15, 0.2) is 53.8 Å². The third-order valence-corrected chi connectivity index (χ3v) is 4.87. The third-order valence-electron chi connectivity index (χ3n) is 4.87. The highest BCUT2D eigenvalue weighted by Crippen LogP contribution is 2.34. The number of ether oxygens (including phenoxy) is 4. The van der Waals surface area contributed by atoms with Gasteiger partial charge in [0.1, 0.15) is 0 Å². The van der Waals surface area contributed by atoms with E-state index in [2.05, 4.69) is 6.58 Å². The van der Waals surface area contributed by atoms with Crippen molar-refractivity contribution in [3.8, 4) is 23.0 Å². The van der Waals surface area contributed by atoms with Crippen LogP contribution in [0, 0.1) is 0 Å². The fourth-order valence-electron chi connectivity index (χ4n) is 3.46. The summed E-state index contributed by atoms with van der Waals surface area (Å²) in [6, 6.07) is 11.1. The summed E-state index contributed by atoms with van der Waals surface area (Å²) >= 11 is 0. The molecule has 0 amide bonds. The van der Waals surface area contributed by atoms with Crippen LogP contribution in [0.3, 0.4) is 0 Å². The minimum absolute atomic E-state index is 0. The lowest BCUT2D eigenvalue weighted by atomic mass is 10.0. The number of halogens is 1. The monoisotopic (exact) mass is 431 g/mol. The van der Waals surface area contributed by atoms with Gasteiger partial charge in [-0.25, -0.2) is 0 Å². The lowest BCUT2D eigenvalue weighted by Gasteiger charge is -2.17. The van der Waals surface area contributed by atoms with E-state index in [1.54, 1.807) is 45.1 Å². The molecule has 6 nitrogen and oxygen atoms in total. The number of aromatic nitrogens is 1. The first-order chi connectivity index (χ1) is 14.1. The van der Waals surface area contributed by atoms with E-state index in [1.165, 1.54) is 0 Å². The summed E-state index contributed by atoms with van der Waals surface area (Å²) in [7, 11) is 6.37. The maximum Gasteiger partial charge on any atom is 0.251 e. The van der Waals surface area contributed by atoms with Crippen molar-refractivity contribution in [1.29, 1.82) is 0 Å². The van der Waals surface area contributed by atoms with E-state index >= 15 is 0 Å². The molecular weight excluding hydrogens is 406 g/mol. The largest absolute Gasteiger partial charge is 0.493 e. The van der Waals surface area contributed by atoms with Gasteiger partial charge < -0.3 is 23.5 Å². The molecular formula is C23H26ClNO5. The second kappa shape index (κ2) is 10.1. The molecule has 3 aromatic rings. The smallest absolute Gasteiger partial charge is 0.251 e. The number of rotatable bonds is 8. The lowest BCUT2D eigenvalue weighted by Crippen LogP contribution is -2.23. The van der Waals surface area contributed by atoms with Gasteiger partial charge in [-0.2, -0.15) is 0 Å². The van der Waals surface area contributed by atoms with Crippen molar-refractivity contribution in [2.45, 2.75) is 13.0 Å². The number of hydrogen-bond acceptors (Lipinski definition) is 5. The summed E-state index contributed by atoms with van der Waals surface area (Å²) in [6.45, 7) is 4.20. The van der Waals surface area contributed by atoms with Gasteiger partial charge >= 0.3 is 0 Å². The Morgan fingerprint density at radius 3 is 2.07 bits per heavy atom. The summed E-state index contributed by atoms with van der Waals surface area (Å²) in [4.78, 5) is 12.8. The number of hydrogen-bond donors (Lipinski definition) is 0. The van der Waals surface area contributed by atoms with Crippen LogP contribution in [0.1, 0.15) is 11.3 Å². The first-order valence-electron chi connectivity index (χ1n) is 9.16. The number of pyridine rings is 1. The average molecular weight is 432 g/mol. The molecule has 0 N–H and O–H groups in total. The zero-order valence-corrected chi connectivity index (χ0v) is 18.4. The predicted molar refractivity (Wildman–Crippen MR) is 121 cm³/mol. The van der Waals surface area contributed by atoms with Gasteiger partial charge in [0.15, 0.2) is 23.0 Å². The first kappa shape index (κ1) is 23.2. The number of allylic oxidation sites excluding steroid dienone is 1. The Morgan fingerprint density at radius 2 is 1.47 bits per heavy atom. The Hall–Kier alpha value is -3.12. The zero-order valence-electron chi connectivity index (χ0n) is 17.6. The highest BCUT2D eigenvalue weighted by Gasteiger charge is 2.15. The topological polar surface area (TPSA) is 58.9 Å². The lowest BCUT2D eigenvalue weighted by molar-refractivity contribution is 0.354. The molecule has 2 aromatic carbocycles. The first-order valence-corrected chi connectivity index (χ1v) is 9.16. The Labute approximate surface area is 182 Å². The van der Waals surface area contributed by atoms with Crippen molar-refractivity contribution >= 4 is 23.2 Å². The van der Waals surface area contributed by atoms with Crippen LogP contribution in [0.4, 0.5) is 0 Å². The van der Waals surface area contributed by atoms with Gasteiger partial charge in [0, 0.05) is 30.1 Å². The predicted octanol–water partition coefficient (Wildman–Crippen LogP) is 4.23. The van der Waals surface area contributed by atoms with Gasteiger partial charge in [-0.15, -0.1) is 19.0 Å². The summed E-state index contributed by atoms with van der Waals surface area (Å²) < 4.78 is 23.3. The van der Waals surface area contributed by atoms with Crippen LogP contribution in [0.2, 0.25) is 0 Å². The molecule has 1 heterocycles. The number of fused-ring (bicyclic) bond motifs is 1. The number of methoxy groups -OCH3 is 4. The van der Waals surface area contributed by atoms with Crippen LogP contribution >= 0.6 is 12.4 Å². The van der Waals surface area contributed by atoms with Crippen molar-refractivity contribution in [3.63, 3.8) is 0 Å². The second-order valence-corrected chi connectivity index (χ2v) is 6.49. The van der Waals surface area contributed by atoms with E-state index in [4.69, 9.17) is 18.9 Å². The molecule has 30 heavy (non-hydrogen) atoms. The molecule has 0 atom stereocenters. The standard InChI is InChI=1S/C23H25NO5.ClH/c1-6-9-24-18(10-15-7-8-19(26-2)20(11-15)27-3)17-14-22(29-5)21(28-4)12-16(17)13-23(24)25;/h6-8,11-14H,1,9-10H2,2-5H3;1H. The molecule has 1 aromatic heterocycles. The Balaban J connectivity index is 0.00000320. The SMILES string of the molecule is C=CCn1c(Cc2ccc(OC)c(OC)c2)c2cc(OC)c(OC)cc2cc1=O.Cl. The Kier molecular flexibility index (Phi) is 7.78. The van der Waals surface area contributed by atoms with E-state index in [0.29, 0.717) is 36.0 Å². The highest BCUT2D eigenvalue weighted by atomic mass is 35.5. The molecule has 0 aliphatic carbocycles. The van der Waals surface area contributed by atoms with Gasteiger partial charge in [0.05, 0.1) is 28.4 Å². The highest BCUT2D eigenvalue weighted by molar-refractivity contribution is 5.88. The Morgan fingerprint density at radius 1 is 0.867 bits per heavy atom. The molecule has 0 fully saturated rings. The van der Waals surface area contributed by atoms with Gasteiger partial charge in [-0.3, -0.25) is 4.79 Å². The van der Waals surface area contributed by atoms with Gasteiger partial charge in [-0.05, 0) is 35.2 Å². The number of nitrogens with zero attached hydrogens (tertiary/aromatic N) is 1. The molecule has 160 valence electrons. The maximum atomic E-state index is 12.8. The van der Waals surface area contributed by atoms with E-state index in [-0.39, 0.29) is 18.0 Å². The number of benzene rings is 2. The maximum absolute atomic E-state index is 12.8. The summed E-state index contributed by atoms with van der Waals surface area (Å²) in [5.41, 5.74) is 1.75. The average Bonchev–Trinajstić information content (AvgIpc) is 2.75. The Bertz CT molecular complexity index is 1110. The third kappa shape index (κ3) is 4.39. The van der Waals surface area contributed by atoms with Crippen molar-refractivity contribution in [2.24, 2.45) is 0 Å². The van der Waals surface area contributed by atoms with Crippen molar-refractivity contribution in [3.05, 3.63) is 70.7 Å². The van der Waals surface area contributed by atoms with E-state index in [0.717, 1.165) is 22.0 Å². The molecule has 0 saturated heterocycles. The van der Waals surface area contributed by atoms with E-state index in [1.807, 2.05) is 30.3 Å². The molecule has 0 radical (unpaired) electrons. The van der Waals surface area contributed by atoms with Crippen LogP contribution in [-0.4, -0.2) is 33.0 Å². The van der Waals surface area contributed by atoms with Gasteiger partial charge in [0.2, 0.25) is 0 Å². The van der Waals surface area contributed by atoms with Crippen LogP contribution in [-0.2, 0) is 13.0 Å². The van der Waals surface area contributed by atoms with Crippen molar-refractivity contribution in [2.75, 3.05) is 28.4 Å². The molecule has 7 heteroatoms. The van der Waals surface area contributed by atoms with E-state index in [9.17, 15) is 4.79 Å². The van der Waals surface area contributed by atoms with Gasteiger partial charge in [-0.1, -0.05) is 12.1 Å².